The first kappa shape index (κ1) is 22.9. The van der Waals surface area contributed by atoms with E-state index in [1.165, 1.54) is 0 Å². The molecule has 2 heterocycles. The molecule has 0 bridgehead atoms. The van der Waals surface area contributed by atoms with Gasteiger partial charge in [-0.25, -0.2) is 4.98 Å². The molecular formula is C27H31N3O3. The number of ether oxygens (including phenoxy) is 1. The third-order valence-corrected chi connectivity index (χ3v) is 5.91. The van der Waals surface area contributed by atoms with Crippen molar-refractivity contribution in [3.8, 4) is 0 Å². The Kier molecular flexibility index (Phi) is 6.47. The van der Waals surface area contributed by atoms with Crippen molar-refractivity contribution < 1.29 is 9.53 Å². The average molecular weight is 446 g/mol. The van der Waals surface area contributed by atoms with Gasteiger partial charge >= 0.3 is 0 Å². The number of carbonyl (C=O) groups excluding carboxylic acids is 1. The number of carbonyl (C=O) groups is 1. The summed E-state index contributed by atoms with van der Waals surface area (Å²) in [5.74, 6) is 0.558. The fourth-order valence-corrected chi connectivity index (χ4v) is 4.27. The smallest absolute Gasteiger partial charge is 0.257 e. The minimum Gasteiger partial charge on any atom is -0.366 e. The van der Waals surface area contributed by atoms with E-state index in [0.29, 0.717) is 36.6 Å². The largest absolute Gasteiger partial charge is 0.366 e. The number of aryl methyl sites for hydroxylation is 1. The number of aromatic nitrogens is 2. The SMILES string of the molecule is Cc1nc2c(c(=O)n1C(c1ccccc1)c1ccccc1)CCN(C(=O)COC(C)(C)C)C2. The third-order valence-electron chi connectivity index (χ3n) is 5.91. The van der Waals surface area contributed by atoms with Crippen LogP contribution in [0.5, 0.6) is 0 Å². The van der Waals surface area contributed by atoms with Gasteiger partial charge in [0.1, 0.15) is 12.4 Å². The van der Waals surface area contributed by atoms with Crippen LogP contribution >= 0.6 is 0 Å². The molecule has 6 nitrogen and oxygen atoms in total. The maximum Gasteiger partial charge on any atom is 0.257 e. The lowest BCUT2D eigenvalue weighted by Gasteiger charge is -2.31. The molecule has 4 rings (SSSR count). The lowest BCUT2D eigenvalue weighted by atomic mass is 9.97. The van der Waals surface area contributed by atoms with E-state index in [1.54, 1.807) is 9.47 Å². The van der Waals surface area contributed by atoms with Gasteiger partial charge in [-0.15, -0.1) is 0 Å². The molecule has 0 N–H and O–H groups in total. The van der Waals surface area contributed by atoms with Gasteiger partial charge < -0.3 is 9.64 Å². The molecule has 1 amide bonds. The summed E-state index contributed by atoms with van der Waals surface area (Å²) < 4.78 is 7.45. The van der Waals surface area contributed by atoms with Gasteiger partial charge in [0.2, 0.25) is 5.91 Å². The summed E-state index contributed by atoms with van der Waals surface area (Å²) in [5.41, 5.74) is 3.02. The number of rotatable bonds is 5. The van der Waals surface area contributed by atoms with Crippen LogP contribution in [0.2, 0.25) is 0 Å². The second kappa shape index (κ2) is 9.32. The molecule has 6 heteroatoms. The Morgan fingerprint density at radius 3 is 2.15 bits per heavy atom. The highest BCUT2D eigenvalue weighted by Gasteiger charge is 2.29. The lowest BCUT2D eigenvalue weighted by molar-refractivity contribution is -0.142. The molecule has 0 saturated carbocycles. The second-order valence-electron chi connectivity index (χ2n) is 9.45. The Bertz CT molecular complexity index is 1140. The van der Waals surface area contributed by atoms with Crippen molar-refractivity contribution in [2.75, 3.05) is 13.2 Å². The van der Waals surface area contributed by atoms with Crippen molar-refractivity contribution in [1.82, 2.24) is 14.5 Å². The first-order chi connectivity index (χ1) is 15.7. The summed E-state index contributed by atoms with van der Waals surface area (Å²) in [7, 11) is 0. The maximum absolute atomic E-state index is 13.8. The Labute approximate surface area is 194 Å². The summed E-state index contributed by atoms with van der Waals surface area (Å²) >= 11 is 0. The molecule has 172 valence electrons. The predicted molar refractivity (Wildman–Crippen MR) is 128 cm³/mol. The topological polar surface area (TPSA) is 64.4 Å². The third kappa shape index (κ3) is 5.06. The number of amides is 1. The second-order valence-corrected chi connectivity index (χ2v) is 9.45. The summed E-state index contributed by atoms with van der Waals surface area (Å²) in [4.78, 5) is 33.0. The first-order valence-electron chi connectivity index (χ1n) is 11.4. The molecule has 3 aromatic rings. The molecule has 0 fully saturated rings. The van der Waals surface area contributed by atoms with Crippen LogP contribution < -0.4 is 5.56 Å². The van der Waals surface area contributed by atoms with Crippen LogP contribution in [-0.4, -0.2) is 39.1 Å². The summed E-state index contributed by atoms with van der Waals surface area (Å²) in [6.07, 6.45) is 0.485. The monoisotopic (exact) mass is 445 g/mol. The molecule has 2 aromatic carbocycles. The molecule has 1 aliphatic rings. The van der Waals surface area contributed by atoms with E-state index in [4.69, 9.17) is 9.72 Å². The van der Waals surface area contributed by atoms with E-state index in [9.17, 15) is 9.59 Å². The first-order valence-corrected chi connectivity index (χ1v) is 11.4. The van der Waals surface area contributed by atoms with Crippen molar-refractivity contribution in [2.24, 2.45) is 0 Å². The molecule has 0 radical (unpaired) electrons. The van der Waals surface area contributed by atoms with Gasteiger partial charge in [-0.2, -0.15) is 0 Å². The molecule has 33 heavy (non-hydrogen) atoms. The summed E-state index contributed by atoms with van der Waals surface area (Å²) in [6, 6.07) is 19.8. The standard InChI is InChI=1S/C27H31N3O3/c1-19-28-23-17-29(24(31)18-33-27(2,3)4)16-15-22(23)26(32)30(19)25(20-11-7-5-8-12-20)21-13-9-6-10-14-21/h5-14,25H,15-18H2,1-4H3. The van der Waals surface area contributed by atoms with Gasteiger partial charge in [-0.3, -0.25) is 14.2 Å². The molecule has 0 unspecified atom stereocenters. The van der Waals surface area contributed by atoms with Crippen LogP contribution in [-0.2, 0) is 22.5 Å². The van der Waals surface area contributed by atoms with Crippen LogP contribution in [0.15, 0.2) is 65.5 Å². The Morgan fingerprint density at radius 1 is 1.03 bits per heavy atom. The molecular weight excluding hydrogens is 414 g/mol. The van der Waals surface area contributed by atoms with E-state index < -0.39 is 0 Å². The zero-order chi connectivity index (χ0) is 23.6. The molecule has 0 atom stereocenters. The number of fused-ring (bicyclic) bond motifs is 1. The Balaban J connectivity index is 1.70. The van der Waals surface area contributed by atoms with E-state index in [-0.39, 0.29) is 29.7 Å². The number of benzene rings is 2. The van der Waals surface area contributed by atoms with Gasteiger partial charge in [0, 0.05) is 12.1 Å². The van der Waals surface area contributed by atoms with E-state index >= 15 is 0 Å². The quantitative estimate of drug-likeness (QED) is 0.598. The van der Waals surface area contributed by atoms with Gasteiger partial charge in [-0.05, 0) is 45.2 Å². The van der Waals surface area contributed by atoms with Gasteiger partial charge in [-0.1, -0.05) is 60.7 Å². The van der Waals surface area contributed by atoms with Crippen molar-refractivity contribution in [3.05, 3.63) is 99.2 Å². The van der Waals surface area contributed by atoms with Gasteiger partial charge in [0.05, 0.1) is 23.9 Å². The van der Waals surface area contributed by atoms with Gasteiger partial charge in [0.15, 0.2) is 0 Å². The number of hydrogen-bond acceptors (Lipinski definition) is 4. The highest BCUT2D eigenvalue weighted by atomic mass is 16.5. The minimum atomic E-state index is -0.379. The van der Waals surface area contributed by atoms with Crippen molar-refractivity contribution in [3.63, 3.8) is 0 Å². The van der Waals surface area contributed by atoms with Crippen LogP contribution in [0, 0.1) is 6.92 Å². The van der Waals surface area contributed by atoms with Crippen molar-refractivity contribution >= 4 is 5.91 Å². The van der Waals surface area contributed by atoms with Crippen molar-refractivity contribution in [1.29, 1.82) is 0 Å². The van der Waals surface area contributed by atoms with Crippen LogP contribution in [0.25, 0.3) is 0 Å². The number of hydrogen-bond donors (Lipinski definition) is 0. The highest BCUT2D eigenvalue weighted by Crippen LogP contribution is 2.27. The zero-order valence-corrected chi connectivity index (χ0v) is 19.7. The maximum atomic E-state index is 13.8. The van der Waals surface area contributed by atoms with Crippen LogP contribution in [0.3, 0.4) is 0 Å². The number of nitrogens with zero attached hydrogens (tertiary/aromatic N) is 3. The highest BCUT2D eigenvalue weighted by molar-refractivity contribution is 5.77. The molecule has 0 aliphatic carbocycles. The fourth-order valence-electron chi connectivity index (χ4n) is 4.27. The summed E-state index contributed by atoms with van der Waals surface area (Å²) in [5, 5.41) is 0. The predicted octanol–water partition coefficient (Wildman–Crippen LogP) is 3.89. The average Bonchev–Trinajstić information content (AvgIpc) is 2.80. The zero-order valence-electron chi connectivity index (χ0n) is 19.7. The summed E-state index contributed by atoms with van der Waals surface area (Å²) in [6.45, 7) is 8.49. The van der Waals surface area contributed by atoms with Crippen LogP contribution in [0.1, 0.15) is 55.0 Å². The normalized spacial score (nSPS) is 13.8. The molecule has 1 aromatic heterocycles. The van der Waals surface area contributed by atoms with Crippen molar-refractivity contribution in [2.45, 2.75) is 52.3 Å². The lowest BCUT2D eigenvalue weighted by Crippen LogP contribution is -2.43. The Morgan fingerprint density at radius 2 is 1.61 bits per heavy atom. The van der Waals surface area contributed by atoms with E-state index in [0.717, 1.165) is 11.1 Å². The van der Waals surface area contributed by atoms with Gasteiger partial charge in [0.25, 0.3) is 5.56 Å². The minimum absolute atomic E-state index is 0.0268. The molecule has 0 spiro atoms. The molecule has 0 saturated heterocycles. The van der Waals surface area contributed by atoms with Crippen LogP contribution in [0.4, 0.5) is 0 Å². The Hall–Kier alpha value is -3.25. The molecule has 1 aliphatic heterocycles. The fraction of sp³-hybridized carbons (Fsp3) is 0.370. The van der Waals surface area contributed by atoms with E-state index in [2.05, 4.69) is 0 Å². The van der Waals surface area contributed by atoms with E-state index in [1.807, 2.05) is 88.4 Å².